The summed E-state index contributed by atoms with van der Waals surface area (Å²) in [5.74, 6) is -0.319. The Morgan fingerprint density at radius 1 is 1.50 bits per heavy atom. The summed E-state index contributed by atoms with van der Waals surface area (Å²) in [6, 6.07) is -0.553. The predicted octanol–water partition coefficient (Wildman–Crippen LogP) is 0.428. The van der Waals surface area contributed by atoms with E-state index in [-0.39, 0.29) is 11.9 Å². The predicted molar refractivity (Wildman–Crippen MR) is 35.9 cm³/mol. The van der Waals surface area contributed by atoms with Crippen molar-refractivity contribution in [2.75, 3.05) is 0 Å². The molecule has 1 heterocycles. The van der Waals surface area contributed by atoms with Crippen LogP contribution in [-0.2, 0) is 4.79 Å². The third-order valence-electron chi connectivity index (χ3n) is 1.25. The van der Waals surface area contributed by atoms with E-state index in [1.807, 2.05) is 0 Å². The van der Waals surface area contributed by atoms with Crippen LogP contribution in [0.4, 0.5) is 4.79 Å². The number of aliphatic imine (C=N–C) groups is 1. The van der Waals surface area contributed by atoms with Crippen LogP contribution in [0.3, 0.4) is 0 Å². The maximum atomic E-state index is 10.8. The number of rotatable bonds is 1. The number of nitrogens with zero attached hydrogens (tertiary/aromatic N) is 2. The van der Waals surface area contributed by atoms with E-state index in [4.69, 9.17) is 0 Å². The molecule has 0 radical (unpaired) electrons. The molecule has 0 unspecified atom stereocenters. The highest BCUT2D eigenvalue weighted by Gasteiger charge is 2.27. The zero-order valence-corrected chi connectivity index (χ0v) is 5.87. The number of hydrogen-bond acceptors (Lipinski definition) is 2. The molecule has 0 saturated heterocycles. The summed E-state index contributed by atoms with van der Waals surface area (Å²) in [6.07, 6.45) is 1.04. The minimum Gasteiger partial charge on any atom is -0.267 e. The maximum absolute atomic E-state index is 10.8. The van der Waals surface area contributed by atoms with Gasteiger partial charge in [0.25, 0.3) is 5.91 Å². The molecule has 54 valence electrons. The van der Waals surface area contributed by atoms with Gasteiger partial charge in [-0.25, -0.2) is 4.79 Å². The van der Waals surface area contributed by atoms with Crippen LogP contribution in [0.1, 0.15) is 13.8 Å². The van der Waals surface area contributed by atoms with Crippen LogP contribution in [0.15, 0.2) is 4.99 Å². The van der Waals surface area contributed by atoms with Gasteiger partial charge in [0, 0.05) is 6.04 Å². The number of imide groups is 1. The number of urea groups is 1. The van der Waals surface area contributed by atoms with Gasteiger partial charge in [-0.15, -0.1) is 0 Å². The Balaban J connectivity index is 2.79. The normalized spacial score (nSPS) is 17.7. The molecule has 0 atom stereocenters. The van der Waals surface area contributed by atoms with Crippen molar-refractivity contribution in [3.05, 3.63) is 0 Å². The summed E-state index contributed by atoms with van der Waals surface area (Å²) < 4.78 is 0. The smallest absolute Gasteiger partial charge is 0.267 e. The summed E-state index contributed by atoms with van der Waals surface area (Å²) in [5, 5.41) is 0. The van der Waals surface area contributed by atoms with E-state index in [0.29, 0.717) is 0 Å². The molecule has 0 aromatic heterocycles. The first-order chi connectivity index (χ1) is 4.63. The second kappa shape index (κ2) is 2.21. The van der Waals surface area contributed by atoms with Crippen molar-refractivity contribution in [2.24, 2.45) is 4.99 Å². The Morgan fingerprint density at radius 3 is 2.30 bits per heavy atom. The first-order valence-electron chi connectivity index (χ1n) is 3.04. The summed E-state index contributed by atoms with van der Waals surface area (Å²) >= 11 is 0. The van der Waals surface area contributed by atoms with Gasteiger partial charge in [-0.1, -0.05) is 0 Å². The summed E-state index contributed by atoms with van der Waals surface area (Å²) in [7, 11) is 0. The molecule has 1 aliphatic heterocycles. The molecular formula is C6H8N2O2. The summed E-state index contributed by atoms with van der Waals surface area (Å²) in [5.41, 5.74) is 0. The van der Waals surface area contributed by atoms with Gasteiger partial charge in [0.15, 0.2) is 0 Å². The highest BCUT2D eigenvalue weighted by Crippen LogP contribution is 2.05. The largest absolute Gasteiger partial charge is 0.350 e. The van der Waals surface area contributed by atoms with E-state index in [1.54, 1.807) is 13.8 Å². The Labute approximate surface area is 58.5 Å². The maximum Gasteiger partial charge on any atom is 0.350 e. The van der Waals surface area contributed by atoms with E-state index < -0.39 is 6.03 Å². The van der Waals surface area contributed by atoms with Crippen molar-refractivity contribution in [3.8, 4) is 0 Å². The third-order valence-corrected chi connectivity index (χ3v) is 1.25. The van der Waals surface area contributed by atoms with Crippen LogP contribution in [-0.4, -0.2) is 29.1 Å². The first-order valence-corrected chi connectivity index (χ1v) is 3.04. The average molecular weight is 140 g/mol. The van der Waals surface area contributed by atoms with Crippen molar-refractivity contribution in [2.45, 2.75) is 19.9 Å². The quantitative estimate of drug-likeness (QED) is 0.530. The zero-order valence-electron chi connectivity index (χ0n) is 5.87. The second-order valence-electron chi connectivity index (χ2n) is 2.34. The lowest BCUT2D eigenvalue weighted by molar-refractivity contribution is -0.121. The third kappa shape index (κ3) is 0.920. The molecule has 0 spiro atoms. The Hall–Kier alpha value is -1.19. The van der Waals surface area contributed by atoms with Crippen LogP contribution in [0, 0.1) is 0 Å². The van der Waals surface area contributed by atoms with Crippen LogP contribution >= 0.6 is 0 Å². The van der Waals surface area contributed by atoms with Crippen LogP contribution in [0.5, 0.6) is 0 Å². The molecule has 0 aromatic carbocycles. The summed E-state index contributed by atoms with van der Waals surface area (Å²) in [4.78, 5) is 26.0. The molecule has 3 amide bonds. The Kier molecular flexibility index (Phi) is 1.53. The highest BCUT2D eigenvalue weighted by molar-refractivity contribution is 6.35. The van der Waals surface area contributed by atoms with Crippen molar-refractivity contribution >= 4 is 18.2 Å². The lowest BCUT2D eigenvalue weighted by Gasteiger charge is -2.15. The SMILES string of the molecule is CC(C)N1C(=O)C=NC1=O. The molecule has 1 rings (SSSR count). The molecule has 0 fully saturated rings. The molecular weight excluding hydrogens is 132 g/mol. The van der Waals surface area contributed by atoms with E-state index >= 15 is 0 Å². The lowest BCUT2D eigenvalue weighted by atomic mass is 10.3. The fourth-order valence-corrected chi connectivity index (χ4v) is 0.804. The summed E-state index contributed by atoms with van der Waals surface area (Å²) in [6.45, 7) is 3.54. The average Bonchev–Trinajstić information content (AvgIpc) is 2.11. The Bertz CT molecular complexity index is 190. The Morgan fingerprint density at radius 2 is 2.10 bits per heavy atom. The molecule has 0 aromatic rings. The van der Waals surface area contributed by atoms with Gasteiger partial charge in [-0.2, -0.15) is 4.99 Å². The van der Waals surface area contributed by atoms with E-state index in [2.05, 4.69) is 4.99 Å². The van der Waals surface area contributed by atoms with Gasteiger partial charge < -0.3 is 0 Å². The number of carbonyl (C=O) groups excluding carboxylic acids is 2. The monoisotopic (exact) mass is 140 g/mol. The molecule has 0 bridgehead atoms. The van der Waals surface area contributed by atoms with Gasteiger partial charge >= 0.3 is 6.03 Å². The number of amides is 3. The molecule has 10 heavy (non-hydrogen) atoms. The van der Waals surface area contributed by atoms with E-state index in [1.165, 1.54) is 0 Å². The molecule has 1 aliphatic rings. The van der Waals surface area contributed by atoms with Crippen LogP contribution in [0.2, 0.25) is 0 Å². The van der Waals surface area contributed by atoms with Crippen molar-refractivity contribution in [1.29, 1.82) is 0 Å². The van der Waals surface area contributed by atoms with Gasteiger partial charge in [0.1, 0.15) is 0 Å². The molecule has 0 aliphatic carbocycles. The first kappa shape index (κ1) is 6.92. The van der Waals surface area contributed by atoms with Gasteiger partial charge in [0.05, 0.1) is 6.21 Å². The standard InChI is InChI=1S/C6H8N2O2/c1-4(2)8-5(9)3-7-6(8)10/h3-4H,1-2H3. The minimum absolute atomic E-state index is 0.0949. The van der Waals surface area contributed by atoms with Crippen molar-refractivity contribution in [1.82, 2.24) is 4.90 Å². The van der Waals surface area contributed by atoms with Gasteiger partial charge in [0.2, 0.25) is 0 Å². The minimum atomic E-state index is -0.458. The molecule has 0 saturated carbocycles. The van der Waals surface area contributed by atoms with Gasteiger partial charge in [-0.05, 0) is 13.8 Å². The van der Waals surface area contributed by atoms with Crippen molar-refractivity contribution in [3.63, 3.8) is 0 Å². The second-order valence-corrected chi connectivity index (χ2v) is 2.34. The van der Waals surface area contributed by atoms with Crippen LogP contribution < -0.4 is 0 Å². The molecule has 4 nitrogen and oxygen atoms in total. The highest BCUT2D eigenvalue weighted by atomic mass is 16.2. The fourth-order valence-electron chi connectivity index (χ4n) is 0.804. The van der Waals surface area contributed by atoms with Gasteiger partial charge in [-0.3, -0.25) is 9.69 Å². The van der Waals surface area contributed by atoms with E-state index in [9.17, 15) is 9.59 Å². The lowest BCUT2D eigenvalue weighted by Crippen LogP contribution is -2.36. The van der Waals surface area contributed by atoms with Crippen LogP contribution in [0.25, 0.3) is 0 Å². The number of hydrogen-bond donors (Lipinski definition) is 0. The fraction of sp³-hybridized carbons (Fsp3) is 0.500. The molecule has 0 N–H and O–H groups in total. The molecule has 4 heteroatoms. The topological polar surface area (TPSA) is 49.7 Å². The van der Waals surface area contributed by atoms with Crippen molar-refractivity contribution < 1.29 is 9.59 Å². The zero-order chi connectivity index (χ0) is 7.72. The van der Waals surface area contributed by atoms with E-state index in [0.717, 1.165) is 11.1 Å². The number of carbonyl (C=O) groups is 2.